The maximum atomic E-state index is 11.2. The topological polar surface area (TPSA) is 37.3 Å². The van der Waals surface area contributed by atoms with E-state index in [-0.39, 0.29) is 5.92 Å². The number of hydrogen-bond acceptors (Lipinski definition) is 2. The summed E-state index contributed by atoms with van der Waals surface area (Å²) >= 11 is 5.20. The van der Waals surface area contributed by atoms with Crippen LogP contribution in [0.15, 0.2) is 28.7 Å². The molecule has 0 saturated heterocycles. The van der Waals surface area contributed by atoms with Crippen LogP contribution in [0.4, 0.5) is 0 Å². The largest absolute Gasteiger partial charge is 0.481 e. The molecule has 1 atom stereocenters. The fourth-order valence-corrected chi connectivity index (χ4v) is 2.82. The zero-order valence-electron chi connectivity index (χ0n) is 9.86. The zero-order valence-corrected chi connectivity index (χ0v) is 12.3. The molecule has 1 rings (SSSR count). The number of thioether (sulfide) groups is 1. The summed E-state index contributed by atoms with van der Waals surface area (Å²) in [5.74, 6) is 0.995. The Balaban J connectivity index is 2.57. The number of halogens is 1. The Hall–Kier alpha value is -0.480. The normalized spacial score (nSPS) is 12.4. The average Bonchev–Trinajstić information content (AvgIpc) is 2.28. The molecule has 2 nitrogen and oxygen atoms in total. The summed E-state index contributed by atoms with van der Waals surface area (Å²) in [4.78, 5) is 11.2. The van der Waals surface area contributed by atoms with Crippen LogP contribution in [0.2, 0.25) is 0 Å². The van der Waals surface area contributed by atoms with E-state index in [9.17, 15) is 9.90 Å². The highest BCUT2D eigenvalue weighted by Crippen LogP contribution is 2.18. The van der Waals surface area contributed by atoms with Gasteiger partial charge in [0.05, 0.1) is 5.92 Å². The van der Waals surface area contributed by atoms with Crippen LogP contribution in [0.3, 0.4) is 0 Å². The molecule has 1 N–H and O–H groups in total. The quantitative estimate of drug-likeness (QED) is 0.777. The Morgan fingerprint density at radius 1 is 1.53 bits per heavy atom. The highest BCUT2D eigenvalue weighted by atomic mass is 79.9. The Bertz CT molecular complexity index is 368. The third-order valence-corrected chi connectivity index (χ3v) is 3.96. The van der Waals surface area contributed by atoms with Gasteiger partial charge >= 0.3 is 5.97 Å². The van der Waals surface area contributed by atoms with E-state index in [1.54, 1.807) is 11.8 Å². The van der Waals surface area contributed by atoms with Crippen molar-refractivity contribution in [3.05, 3.63) is 34.3 Å². The van der Waals surface area contributed by atoms with Gasteiger partial charge in [0, 0.05) is 4.47 Å². The van der Waals surface area contributed by atoms with E-state index >= 15 is 0 Å². The van der Waals surface area contributed by atoms with Crippen molar-refractivity contribution in [3.8, 4) is 0 Å². The Labute approximate surface area is 115 Å². The lowest BCUT2D eigenvalue weighted by Crippen LogP contribution is -2.17. The SMILES string of the molecule is CCSCCC(Cc1cccc(Br)c1)C(=O)O. The van der Waals surface area contributed by atoms with Gasteiger partial charge in [-0.1, -0.05) is 35.0 Å². The van der Waals surface area contributed by atoms with Crippen molar-refractivity contribution in [2.24, 2.45) is 5.92 Å². The van der Waals surface area contributed by atoms with Gasteiger partial charge in [0.2, 0.25) is 0 Å². The van der Waals surface area contributed by atoms with Crippen LogP contribution >= 0.6 is 27.7 Å². The van der Waals surface area contributed by atoms with Crippen LogP contribution in [-0.4, -0.2) is 22.6 Å². The third kappa shape index (κ3) is 5.59. The smallest absolute Gasteiger partial charge is 0.306 e. The molecule has 0 aliphatic carbocycles. The van der Waals surface area contributed by atoms with Crippen LogP contribution in [0.5, 0.6) is 0 Å². The van der Waals surface area contributed by atoms with E-state index in [1.807, 2.05) is 24.3 Å². The van der Waals surface area contributed by atoms with E-state index in [0.29, 0.717) is 6.42 Å². The first-order chi connectivity index (χ1) is 8.13. The Kier molecular flexibility index (Phi) is 6.66. The predicted octanol–water partition coefficient (Wildman–Crippen LogP) is 3.84. The van der Waals surface area contributed by atoms with E-state index in [4.69, 9.17) is 0 Å². The van der Waals surface area contributed by atoms with E-state index in [1.165, 1.54) is 0 Å². The molecule has 0 spiro atoms. The molecule has 1 aromatic carbocycles. The lowest BCUT2D eigenvalue weighted by atomic mass is 9.97. The minimum Gasteiger partial charge on any atom is -0.481 e. The minimum atomic E-state index is -0.693. The summed E-state index contributed by atoms with van der Waals surface area (Å²) in [5.41, 5.74) is 1.08. The lowest BCUT2D eigenvalue weighted by Gasteiger charge is -2.12. The molecule has 0 aliphatic heterocycles. The van der Waals surface area contributed by atoms with Gasteiger partial charge in [-0.05, 0) is 42.0 Å². The second-order valence-corrected chi connectivity index (χ2v) is 6.16. The van der Waals surface area contributed by atoms with Crippen molar-refractivity contribution in [1.29, 1.82) is 0 Å². The number of carboxylic acids is 1. The number of benzene rings is 1. The monoisotopic (exact) mass is 316 g/mol. The van der Waals surface area contributed by atoms with Gasteiger partial charge in [-0.2, -0.15) is 11.8 Å². The molecule has 0 fully saturated rings. The molecule has 0 aliphatic rings. The summed E-state index contributed by atoms with van der Waals surface area (Å²) < 4.78 is 1.00. The van der Waals surface area contributed by atoms with Crippen LogP contribution in [0.1, 0.15) is 18.9 Å². The number of aliphatic carboxylic acids is 1. The summed E-state index contributed by atoms with van der Waals surface area (Å²) in [6.07, 6.45) is 1.35. The van der Waals surface area contributed by atoms with E-state index in [0.717, 1.165) is 28.0 Å². The number of carbonyl (C=O) groups is 1. The van der Waals surface area contributed by atoms with Gasteiger partial charge in [0.15, 0.2) is 0 Å². The van der Waals surface area contributed by atoms with Crippen LogP contribution in [-0.2, 0) is 11.2 Å². The number of hydrogen-bond donors (Lipinski definition) is 1. The summed E-state index contributed by atoms with van der Waals surface area (Å²) in [5, 5.41) is 9.18. The summed E-state index contributed by atoms with van der Waals surface area (Å²) in [7, 11) is 0. The highest BCUT2D eigenvalue weighted by molar-refractivity contribution is 9.10. The van der Waals surface area contributed by atoms with Gasteiger partial charge in [0.1, 0.15) is 0 Å². The van der Waals surface area contributed by atoms with Crippen molar-refractivity contribution < 1.29 is 9.90 Å². The third-order valence-electron chi connectivity index (χ3n) is 2.54. The second kappa shape index (κ2) is 7.77. The fourth-order valence-electron chi connectivity index (χ4n) is 1.63. The standard InChI is InChI=1S/C13H17BrO2S/c1-2-17-7-6-11(13(15)16)8-10-4-3-5-12(14)9-10/h3-5,9,11H,2,6-8H2,1H3,(H,15,16). The zero-order chi connectivity index (χ0) is 12.7. The van der Waals surface area contributed by atoms with Gasteiger partial charge in [-0.15, -0.1) is 0 Å². The van der Waals surface area contributed by atoms with Crippen molar-refractivity contribution in [2.45, 2.75) is 19.8 Å². The minimum absolute atomic E-state index is 0.275. The first-order valence-corrected chi connectivity index (χ1v) is 7.63. The second-order valence-electron chi connectivity index (χ2n) is 3.85. The van der Waals surface area contributed by atoms with E-state index < -0.39 is 5.97 Å². The molecule has 0 saturated carbocycles. The van der Waals surface area contributed by atoms with Crippen molar-refractivity contribution >= 4 is 33.7 Å². The Morgan fingerprint density at radius 2 is 2.29 bits per heavy atom. The summed E-state index contributed by atoms with van der Waals surface area (Å²) in [6, 6.07) is 7.86. The van der Waals surface area contributed by atoms with E-state index in [2.05, 4.69) is 22.9 Å². The molecule has 0 aromatic heterocycles. The molecular weight excluding hydrogens is 300 g/mol. The van der Waals surface area contributed by atoms with Gasteiger partial charge in [-0.3, -0.25) is 4.79 Å². The maximum Gasteiger partial charge on any atom is 0.306 e. The molecule has 1 unspecified atom stereocenters. The fraction of sp³-hybridized carbons (Fsp3) is 0.462. The number of carboxylic acid groups (broad SMARTS) is 1. The molecule has 17 heavy (non-hydrogen) atoms. The summed E-state index contributed by atoms with van der Waals surface area (Å²) in [6.45, 7) is 2.09. The molecule has 4 heteroatoms. The van der Waals surface area contributed by atoms with Crippen molar-refractivity contribution in [1.82, 2.24) is 0 Å². The lowest BCUT2D eigenvalue weighted by molar-refractivity contribution is -0.141. The predicted molar refractivity (Wildman–Crippen MR) is 76.6 cm³/mol. The average molecular weight is 317 g/mol. The Morgan fingerprint density at radius 3 is 2.88 bits per heavy atom. The number of rotatable bonds is 7. The van der Waals surface area contributed by atoms with Crippen molar-refractivity contribution in [3.63, 3.8) is 0 Å². The van der Waals surface area contributed by atoms with Crippen LogP contribution < -0.4 is 0 Å². The van der Waals surface area contributed by atoms with Crippen LogP contribution in [0, 0.1) is 5.92 Å². The van der Waals surface area contributed by atoms with Gasteiger partial charge in [-0.25, -0.2) is 0 Å². The first-order valence-electron chi connectivity index (χ1n) is 5.68. The molecule has 0 amide bonds. The molecular formula is C13H17BrO2S. The van der Waals surface area contributed by atoms with Gasteiger partial charge < -0.3 is 5.11 Å². The molecule has 0 radical (unpaired) electrons. The van der Waals surface area contributed by atoms with Crippen LogP contribution in [0.25, 0.3) is 0 Å². The van der Waals surface area contributed by atoms with Crippen molar-refractivity contribution in [2.75, 3.05) is 11.5 Å². The maximum absolute atomic E-state index is 11.2. The molecule has 0 heterocycles. The molecule has 94 valence electrons. The molecule has 0 bridgehead atoms. The van der Waals surface area contributed by atoms with Gasteiger partial charge in [0.25, 0.3) is 0 Å². The first kappa shape index (κ1) is 14.6. The molecule has 1 aromatic rings. The highest BCUT2D eigenvalue weighted by Gasteiger charge is 2.17.